The zero-order valence-corrected chi connectivity index (χ0v) is 19.4. The average molecular weight is 497 g/mol. The highest BCUT2D eigenvalue weighted by Crippen LogP contribution is 2.40. The summed E-state index contributed by atoms with van der Waals surface area (Å²) in [6, 6.07) is 0.144. The van der Waals surface area contributed by atoms with Crippen LogP contribution in [-0.2, 0) is 12.8 Å². The minimum absolute atomic E-state index is 0.00638. The third kappa shape index (κ3) is 4.42. The first-order chi connectivity index (χ1) is 16.7. The zero-order valence-electron chi connectivity index (χ0n) is 19.4. The number of aromatic nitrogens is 3. The molecule has 7 nitrogen and oxygen atoms in total. The number of aliphatic hydroxyl groups excluding tert-OH is 2. The van der Waals surface area contributed by atoms with Gasteiger partial charge in [0.1, 0.15) is 47.7 Å². The molecule has 1 saturated carbocycles. The minimum atomic E-state index is -3.05. The van der Waals surface area contributed by atoms with E-state index in [4.69, 9.17) is 10.5 Å². The summed E-state index contributed by atoms with van der Waals surface area (Å²) in [4.78, 5) is 7.84. The van der Waals surface area contributed by atoms with Gasteiger partial charge in [-0.25, -0.2) is 27.5 Å². The number of benzene rings is 1. The Morgan fingerprint density at radius 3 is 2.46 bits per heavy atom. The van der Waals surface area contributed by atoms with E-state index in [-0.39, 0.29) is 41.0 Å². The maximum absolute atomic E-state index is 14.9. The van der Waals surface area contributed by atoms with Crippen LogP contribution in [0.3, 0.4) is 0 Å². The molecular weight excluding hydrogens is 468 g/mol. The number of fused-ring (bicyclic) bond motifs is 1. The summed E-state index contributed by atoms with van der Waals surface area (Å²) < 4.78 is 64.0. The molecule has 3 aromatic rings. The Kier molecular flexibility index (Phi) is 7.18. The predicted molar refractivity (Wildman–Crippen MR) is 121 cm³/mol. The van der Waals surface area contributed by atoms with E-state index in [0.717, 1.165) is 18.6 Å². The molecule has 0 radical (unpaired) electrons. The lowest BCUT2D eigenvalue weighted by atomic mass is 9.95. The quantitative estimate of drug-likeness (QED) is 0.403. The molecule has 0 aliphatic heterocycles. The highest BCUT2D eigenvalue weighted by Gasteiger charge is 2.45. The smallest absolute Gasteiger partial charge is 0.266 e. The molecule has 4 atom stereocenters. The number of hydrogen-bond donors (Lipinski definition) is 3. The second-order valence-corrected chi connectivity index (χ2v) is 8.82. The van der Waals surface area contributed by atoms with Crippen molar-refractivity contribution in [3.05, 3.63) is 46.9 Å². The number of anilines is 1. The van der Waals surface area contributed by atoms with Gasteiger partial charge in [-0.05, 0) is 24.5 Å². The van der Waals surface area contributed by atoms with Gasteiger partial charge in [-0.2, -0.15) is 0 Å². The molecule has 0 bridgehead atoms. The van der Waals surface area contributed by atoms with Crippen LogP contribution in [0.25, 0.3) is 11.0 Å². The highest BCUT2D eigenvalue weighted by molar-refractivity contribution is 5.86. The van der Waals surface area contributed by atoms with Crippen LogP contribution in [0.4, 0.5) is 23.4 Å². The Balaban J connectivity index is 1.72. The largest absolute Gasteiger partial charge is 0.487 e. The molecule has 1 fully saturated rings. The SMILES string of the molecule is CCCc1c(O[C@H]2C[C@@H](n3cc(F)c4c(N)ncnc43)[C@H](O)[C@@H]2O)cc(C(F)F)c(F)c1CCC. The van der Waals surface area contributed by atoms with Crippen LogP contribution in [0.1, 0.15) is 62.3 Å². The van der Waals surface area contributed by atoms with Gasteiger partial charge in [0.2, 0.25) is 0 Å². The fourth-order valence-electron chi connectivity index (χ4n) is 4.88. The number of ether oxygens (including phenoxy) is 1. The Labute approximate surface area is 199 Å². The van der Waals surface area contributed by atoms with Gasteiger partial charge in [-0.1, -0.05) is 26.7 Å². The molecule has 0 amide bonds. The van der Waals surface area contributed by atoms with Crippen LogP contribution in [0.2, 0.25) is 0 Å². The number of hydrogen-bond acceptors (Lipinski definition) is 6. The van der Waals surface area contributed by atoms with Gasteiger partial charge in [0, 0.05) is 18.2 Å². The van der Waals surface area contributed by atoms with Crippen molar-refractivity contribution in [1.29, 1.82) is 0 Å². The molecule has 0 saturated heterocycles. The van der Waals surface area contributed by atoms with Crippen molar-refractivity contribution in [2.45, 2.75) is 76.7 Å². The average Bonchev–Trinajstić information content (AvgIpc) is 3.29. The summed E-state index contributed by atoms with van der Waals surface area (Å²) >= 11 is 0. The van der Waals surface area contributed by atoms with E-state index < -0.39 is 48.0 Å². The van der Waals surface area contributed by atoms with Gasteiger partial charge in [0.05, 0.1) is 17.0 Å². The summed E-state index contributed by atoms with van der Waals surface area (Å²) in [6.07, 6.45) is -2.73. The summed E-state index contributed by atoms with van der Waals surface area (Å²) in [5.74, 6) is -1.63. The molecule has 0 spiro atoms. The van der Waals surface area contributed by atoms with E-state index in [1.165, 1.54) is 4.57 Å². The number of nitrogens with two attached hydrogens (primary N) is 1. The van der Waals surface area contributed by atoms with Gasteiger partial charge in [0.15, 0.2) is 5.82 Å². The molecule has 4 N–H and O–H groups in total. The molecule has 4 rings (SSSR count). The predicted octanol–water partition coefficient (Wildman–Crippen LogP) is 4.25. The second kappa shape index (κ2) is 9.98. The first kappa shape index (κ1) is 25.2. The molecule has 1 aliphatic rings. The zero-order chi connectivity index (χ0) is 25.4. The number of alkyl halides is 2. The number of rotatable bonds is 8. The number of halogens is 4. The number of aliphatic hydroxyl groups is 2. The molecular formula is C24H28F4N4O3. The third-order valence-electron chi connectivity index (χ3n) is 6.53. The highest BCUT2D eigenvalue weighted by atomic mass is 19.3. The van der Waals surface area contributed by atoms with E-state index in [9.17, 15) is 27.8 Å². The van der Waals surface area contributed by atoms with Crippen LogP contribution in [-0.4, -0.2) is 43.1 Å². The number of nitrogens with zero attached hydrogens (tertiary/aromatic N) is 3. The van der Waals surface area contributed by atoms with Crippen molar-refractivity contribution in [1.82, 2.24) is 14.5 Å². The number of nitrogen functional groups attached to an aromatic ring is 1. The molecule has 1 aromatic carbocycles. The van der Waals surface area contributed by atoms with E-state index in [0.29, 0.717) is 24.8 Å². The van der Waals surface area contributed by atoms with Crippen molar-refractivity contribution in [2.24, 2.45) is 0 Å². The van der Waals surface area contributed by atoms with Gasteiger partial charge >= 0.3 is 0 Å². The van der Waals surface area contributed by atoms with Gasteiger partial charge in [-0.3, -0.25) is 0 Å². The van der Waals surface area contributed by atoms with E-state index in [1.807, 2.05) is 13.8 Å². The van der Waals surface area contributed by atoms with E-state index in [2.05, 4.69) is 9.97 Å². The van der Waals surface area contributed by atoms with Crippen molar-refractivity contribution >= 4 is 16.9 Å². The van der Waals surface area contributed by atoms with Gasteiger partial charge < -0.3 is 25.3 Å². The van der Waals surface area contributed by atoms with Crippen molar-refractivity contribution in [3.8, 4) is 5.75 Å². The summed E-state index contributed by atoms with van der Waals surface area (Å²) in [6.45, 7) is 3.70. The first-order valence-corrected chi connectivity index (χ1v) is 11.6. The van der Waals surface area contributed by atoms with Gasteiger partial charge in [0.25, 0.3) is 6.43 Å². The third-order valence-corrected chi connectivity index (χ3v) is 6.53. The Bertz CT molecular complexity index is 1220. The van der Waals surface area contributed by atoms with Crippen LogP contribution >= 0.6 is 0 Å². The van der Waals surface area contributed by atoms with Crippen molar-refractivity contribution in [2.75, 3.05) is 5.73 Å². The molecule has 2 aromatic heterocycles. The summed E-state index contributed by atoms with van der Waals surface area (Å²) in [5.41, 5.74) is 5.79. The van der Waals surface area contributed by atoms with Crippen LogP contribution in [0.15, 0.2) is 18.6 Å². The topological polar surface area (TPSA) is 106 Å². The normalized spacial score (nSPS) is 22.4. The Hall–Kier alpha value is -2.92. The first-order valence-electron chi connectivity index (χ1n) is 11.6. The Morgan fingerprint density at radius 1 is 1.11 bits per heavy atom. The standard InChI is InChI=1S/C24H28F4N4O3/c1-3-5-11-12(6-4-2)19(26)13(22(27)28)7-16(11)35-17-8-15(20(33)21(17)34)32-9-14(25)18-23(29)30-10-31-24(18)32/h7,9-10,15,17,20-22,33-34H,3-6,8H2,1-2H3,(H2,29,30,31)/t15-,17+,20+,21-/m1/s1. The summed E-state index contributed by atoms with van der Waals surface area (Å²) in [7, 11) is 0. The molecule has 35 heavy (non-hydrogen) atoms. The lowest BCUT2D eigenvalue weighted by Gasteiger charge is -2.23. The fraction of sp³-hybridized carbons (Fsp3) is 0.500. The maximum Gasteiger partial charge on any atom is 0.266 e. The summed E-state index contributed by atoms with van der Waals surface area (Å²) in [5, 5.41) is 21.5. The molecule has 2 heterocycles. The molecule has 0 unspecified atom stereocenters. The van der Waals surface area contributed by atoms with E-state index in [1.54, 1.807) is 0 Å². The minimum Gasteiger partial charge on any atom is -0.487 e. The fourth-order valence-corrected chi connectivity index (χ4v) is 4.88. The van der Waals surface area contributed by atoms with Crippen LogP contribution < -0.4 is 10.5 Å². The van der Waals surface area contributed by atoms with Crippen molar-refractivity contribution < 1.29 is 32.5 Å². The Morgan fingerprint density at radius 2 is 1.80 bits per heavy atom. The van der Waals surface area contributed by atoms with Crippen molar-refractivity contribution in [3.63, 3.8) is 0 Å². The molecule has 1 aliphatic carbocycles. The van der Waals surface area contributed by atoms with Crippen LogP contribution in [0.5, 0.6) is 5.75 Å². The maximum atomic E-state index is 14.9. The second-order valence-electron chi connectivity index (χ2n) is 8.82. The lowest BCUT2D eigenvalue weighted by Crippen LogP contribution is -2.34. The van der Waals surface area contributed by atoms with Crippen LogP contribution in [0, 0.1) is 11.6 Å². The molecule has 190 valence electrons. The lowest BCUT2D eigenvalue weighted by molar-refractivity contribution is -0.0167. The van der Waals surface area contributed by atoms with E-state index >= 15 is 0 Å². The molecule has 11 heteroatoms. The van der Waals surface area contributed by atoms with Gasteiger partial charge in [-0.15, -0.1) is 0 Å². The monoisotopic (exact) mass is 496 g/mol.